The van der Waals surface area contributed by atoms with E-state index in [2.05, 4.69) is 4.74 Å². The first-order chi connectivity index (χ1) is 10.1. The number of anilines is 2. The van der Waals surface area contributed by atoms with Crippen LogP contribution < -0.4 is 10.6 Å². The number of nitrogens with zero attached hydrogens (tertiary/aromatic N) is 1. The maximum Gasteiger partial charge on any atom is 0.340 e. The normalized spacial score (nSPS) is 17.8. The van der Waals surface area contributed by atoms with E-state index in [0.717, 1.165) is 19.4 Å². The molecule has 1 unspecified atom stereocenters. The van der Waals surface area contributed by atoms with Gasteiger partial charge >= 0.3 is 5.97 Å². The van der Waals surface area contributed by atoms with Crippen LogP contribution in [0.2, 0.25) is 0 Å². The summed E-state index contributed by atoms with van der Waals surface area (Å²) in [6.45, 7) is 3.89. The molecule has 0 amide bonds. The number of methoxy groups -OCH3 is 1. The van der Waals surface area contributed by atoms with Crippen LogP contribution in [0.3, 0.4) is 0 Å². The van der Waals surface area contributed by atoms with E-state index in [9.17, 15) is 9.18 Å². The molecule has 5 nitrogen and oxygen atoms in total. The number of ether oxygens (including phenoxy) is 2. The van der Waals surface area contributed by atoms with Gasteiger partial charge in [0.05, 0.1) is 24.5 Å². The van der Waals surface area contributed by atoms with Crippen molar-refractivity contribution in [2.24, 2.45) is 0 Å². The molecule has 21 heavy (non-hydrogen) atoms. The monoisotopic (exact) mass is 296 g/mol. The maximum atomic E-state index is 14.2. The van der Waals surface area contributed by atoms with Crippen molar-refractivity contribution < 1.29 is 18.7 Å². The molecule has 1 aliphatic heterocycles. The van der Waals surface area contributed by atoms with Crippen LogP contribution in [0.5, 0.6) is 0 Å². The molecule has 6 heteroatoms. The van der Waals surface area contributed by atoms with E-state index in [4.69, 9.17) is 10.5 Å². The fourth-order valence-corrected chi connectivity index (χ4v) is 2.54. The highest BCUT2D eigenvalue weighted by Crippen LogP contribution is 2.27. The van der Waals surface area contributed by atoms with E-state index in [0.29, 0.717) is 18.8 Å². The maximum absolute atomic E-state index is 14.2. The number of carbonyl (C=O) groups excluding carboxylic acids is 1. The lowest BCUT2D eigenvalue weighted by molar-refractivity contribution is 0.0602. The lowest BCUT2D eigenvalue weighted by atomic mass is 10.1. The summed E-state index contributed by atoms with van der Waals surface area (Å²) in [5.41, 5.74) is 6.30. The lowest BCUT2D eigenvalue weighted by Gasteiger charge is -2.27. The largest absolute Gasteiger partial charge is 0.465 e. The Morgan fingerprint density at radius 2 is 2.33 bits per heavy atom. The number of nitrogens with two attached hydrogens (primary N) is 1. The number of carbonyl (C=O) groups is 1. The van der Waals surface area contributed by atoms with Gasteiger partial charge in [-0.05, 0) is 31.9 Å². The molecular formula is C15H21FN2O3. The molecule has 1 heterocycles. The molecule has 2 N–H and O–H groups in total. The Morgan fingerprint density at radius 3 is 2.90 bits per heavy atom. The predicted octanol–water partition coefficient (Wildman–Crippen LogP) is 2.20. The molecule has 1 fully saturated rings. The van der Waals surface area contributed by atoms with Crippen molar-refractivity contribution in [1.82, 2.24) is 0 Å². The van der Waals surface area contributed by atoms with E-state index >= 15 is 0 Å². The fourth-order valence-electron chi connectivity index (χ4n) is 2.54. The third-order valence-electron chi connectivity index (χ3n) is 3.69. The first-order valence-corrected chi connectivity index (χ1v) is 7.10. The van der Waals surface area contributed by atoms with Crippen LogP contribution in [0, 0.1) is 5.82 Å². The molecule has 0 aromatic heterocycles. The smallest absolute Gasteiger partial charge is 0.340 e. The highest BCUT2D eigenvalue weighted by molar-refractivity contribution is 5.96. The van der Waals surface area contributed by atoms with E-state index in [-0.39, 0.29) is 17.4 Å². The topological polar surface area (TPSA) is 64.8 Å². The van der Waals surface area contributed by atoms with Crippen LogP contribution in [-0.4, -0.2) is 38.9 Å². The van der Waals surface area contributed by atoms with Gasteiger partial charge in [0.15, 0.2) is 0 Å². The summed E-state index contributed by atoms with van der Waals surface area (Å²) < 4.78 is 24.5. The van der Waals surface area contributed by atoms with Crippen LogP contribution >= 0.6 is 0 Å². The van der Waals surface area contributed by atoms with E-state index in [1.54, 1.807) is 0 Å². The van der Waals surface area contributed by atoms with E-state index in [1.807, 2.05) is 11.8 Å². The number of likely N-dealkylation sites (N-methyl/N-ethyl adjacent to an activating group) is 1. The summed E-state index contributed by atoms with van der Waals surface area (Å²) in [7, 11) is 1.27. The molecule has 0 radical (unpaired) electrons. The van der Waals surface area contributed by atoms with Gasteiger partial charge < -0.3 is 20.1 Å². The van der Waals surface area contributed by atoms with Gasteiger partial charge in [-0.2, -0.15) is 0 Å². The number of hydrogen-bond donors (Lipinski definition) is 1. The summed E-state index contributed by atoms with van der Waals surface area (Å²) in [6.07, 6.45) is 2.10. The fraction of sp³-hybridized carbons (Fsp3) is 0.533. The molecule has 2 rings (SSSR count). The van der Waals surface area contributed by atoms with Crippen molar-refractivity contribution in [2.75, 3.05) is 37.4 Å². The minimum absolute atomic E-state index is 0.0799. The standard InChI is InChI=1S/C15H21FN2O3/c1-3-18(9-10-5-4-6-21-10)14-7-11(15(19)20-2)13(17)8-12(14)16/h7-8,10H,3-6,9,17H2,1-2H3. The zero-order valence-corrected chi connectivity index (χ0v) is 12.4. The van der Waals surface area contributed by atoms with E-state index in [1.165, 1.54) is 19.2 Å². The highest BCUT2D eigenvalue weighted by atomic mass is 19.1. The third kappa shape index (κ3) is 3.44. The van der Waals surface area contributed by atoms with Gasteiger partial charge in [0, 0.05) is 25.4 Å². The summed E-state index contributed by atoms with van der Waals surface area (Å²) in [5.74, 6) is -1.01. The van der Waals surface area contributed by atoms with Crippen molar-refractivity contribution in [3.05, 3.63) is 23.5 Å². The molecular weight excluding hydrogens is 275 g/mol. The molecule has 0 bridgehead atoms. The zero-order chi connectivity index (χ0) is 15.4. The van der Waals surface area contributed by atoms with Gasteiger partial charge in [0.1, 0.15) is 5.82 Å². The molecule has 0 aliphatic carbocycles. The third-order valence-corrected chi connectivity index (χ3v) is 3.69. The highest BCUT2D eigenvalue weighted by Gasteiger charge is 2.22. The van der Waals surface area contributed by atoms with Gasteiger partial charge in [0.25, 0.3) is 0 Å². The van der Waals surface area contributed by atoms with Crippen molar-refractivity contribution >= 4 is 17.3 Å². The average molecular weight is 296 g/mol. The molecule has 1 aromatic carbocycles. The summed E-state index contributed by atoms with van der Waals surface area (Å²) in [4.78, 5) is 13.5. The number of benzene rings is 1. The SMILES string of the molecule is CCN(CC1CCCO1)c1cc(C(=O)OC)c(N)cc1F. The Bertz CT molecular complexity index is 516. The summed E-state index contributed by atoms with van der Waals surface area (Å²) >= 11 is 0. The van der Waals surface area contributed by atoms with Gasteiger partial charge in [-0.3, -0.25) is 0 Å². The van der Waals surface area contributed by atoms with Crippen LogP contribution in [0.15, 0.2) is 12.1 Å². The van der Waals surface area contributed by atoms with Gasteiger partial charge in [-0.1, -0.05) is 0 Å². The van der Waals surface area contributed by atoms with Crippen molar-refractivity contribution in [3.8, 4) is 0 Å². The first-order valence-electron chi connectivity index (χ1n) is 7.10. The first kappa shape index (κ1) is 15.6. The molecule has 0 spiro atoms. The van der Waals surface area contributed by atoms with E-state index < -0.39 is 11.8 Å². The minimum Gasteiger partial charge on any atom is -0.465 e. The second-order valence-corrected chi connectivity index (χ2v) is 5.06. The molecule has 1 saturated heterocycles. The molecule has 1 aromatic rings. The van der Waals surface area contributed by atoms with Crippen LogP contribution in [0.4, 0.5) is 15.8 Å². The minimum atomic E-state index is -0.568. The van der Waals surface area contributed by atoms with Crippen LogP contribution in [0.1, 0.15) is 30.1 Å². The second-order valence-electron chi connectivity index (χ2n) is 5.06. The Hall–Kier alpha value is -1.82. The van der Waals surface area contributed by atoms with Gasteiger partial charge in [-0.25, -0.2) is 9.18 Å². The molecule has 1 aliphatic rings. The van der Waals surface area contributed by atoms with Crippen molar-refractivity contribution in [3.63, 3.8) is 0 Å². The Morgan fingerprint density at radius 1 is 1.57 bits per heavy atom. The van der Waals surface area contributed by atoms with Crippen LogP contribution in [-0.2, 0) is 9.47 Å². The summed E-state index contributed by atoms with van der Waals surface area (Å²) in [5, 5.41) is 0. The quantitative estimate of drug-likeness (QED) is 0.666. The number of halogens is 1. The molecule has 0 saturated carbocycles. The lowest BCUT2D eigenvalue weighted by Crippen LogP contribution is -2.33. The number of nitrogen functional groups attached to an aromatic ring is 1. The van der Waals surface area contributed by atoms with Crippen molar-refractivity contribution in [2.45, 2.75) is 25.9 Å². The predicted molar refractivity (Wildman–Crippen MR) is 79.0 cm³/mol. The average Bonchev–Trinajstić information content (AvgIpc) is 2.97. The number of hydrogen-bond acceptors (Lipinski definition) is 5. The number of esters is 1. The Kier molecular flexibility index (Phi) is 5.01. The second kappa shape index (κ2) is 6.76. The Balaban J connectivity index is 2.28. The number of rotatable bonds is 5. The molecule has 116 valence electrons. The zero-order valence-electron chi connectivity index (χ0n) is 12.4. The molecule has 1 atom stereocenters. The summed E-state index contributed by atoms with van der Waals surface area (Å²) in [6, 6.07) is 2.62. The van der Waals surface area contributed by atoms with Crippen molar-refractivity contribution in [1.29, 1.82) is 0 Å². The van der Waals surface area contributed by atoms with Gasteiger partial charge in [-0.15, -0.1) is 0 Å². The van der Waals surface area contributed by atoms with Crippen LogP contribution in [0.25, 0.3) is 0 Å². The Labute approximate surface area is 123 Å². The van der Waals surface area contributed by atoms with Gasteiger partial charge in [0.2, 0.25) is 0 Å².